The van der Waals surface area contributed by atoms with Gasteiger partial charge in [0, 0.05) is 35.4 Å². The van der Waals surface area contributed by atoms with Crippen LogP contribution in [0.2, 0.25) is 0 Å². The Balaban J connectivity index is 2.10. The first-order chi connectivity index (χ1) is 8.29. The fraction of sp³-hybridized carbons (Fsp3) is 0.385. The fourth-order valence-electron chi connectivity index (χ4n) is 1.75. The summed E-state index contributed by atoms with van der Waals surface area (Å²) in [4.78, 5) is 9.87. The number of thiazole rings is 1. The Morgan fingerprint density at radius 1 is 1.35 bits per heavy atom. The van der Waals surface area contributed by atoms with Crippen LogP contribution in [0.1, 0.15) is 29.1 Å². The van der Waals surface area contributed by atoms with E-state index in [-0.39, 0.29) is 0 Å². The highest BCUT2D eigenvalue weighted by atomic mass is 32.1. The standard InChI is InChI=1S/C13H17N3S/c1-3-15-12(13-8-14-9-17-13)6-11-5-4-10(2)7-16-11/h4-5,7-9,12,15H,3,6H2,1-2H3. The summed E-state index contributed by atoms with van der Waals surface area (Å²) in [6, 6.07) is 4.53. The molecule has 0 aromatic carbocycles. The molecule has 1 N–H and O–H groups in total. The summed E-state index contributed by atoms with van der Waals surface area (Å²) in [6.45, 7) is 5.13. The van der Waals surface area contributed by atoms with Gasteiger partial charge in [0.2, 0.25) is 0 Å². The molecule has 0 spiro atoms. The number of aryl methyl sites for hydroxylation is 1. The largest absolute Gasteiger partial charge is 0.309 e. The van der Waals surface area contributed by atoms with Crippen molar-refractivity contribution in [3.05, 3.63) is 46.2 Å². The van der Waals surface area contributed by atoms with Crippen LogP contribution in [-0.2, 0) is 6.42 Å². The third-order valence-corrected chi connectivity index (χ3v) is 3.52. The lowest BCUT2D eigenvalue weighted by molar-refractivity contribution is 0.551. The van der Waals surface area contributed by atoms with Crippen LogP contribution in [0.4, 0.5) is 0 Å². The molecule has 2 aromatic heterocycles. The number of pyridine rings is 1. The van der Waals surface area contributed by atoms with E-state index >= 15 is 0 Å². The van der Waals surface area contributed by atoms with Gasteiger partial charge in [-0.3, -0.25) is 9.97 Å². The summed E-state index contributed by atoms with van der Waals surface area (Å²) < 4.78 is 0. The summed E-state index contributed by atoms with van der Waals surface area (Å²) in [5.41, 5.74) is 4.20. The minimum absolute atomic E-state index is 0.322. The van der Waals surface area contributed by atoms with Crippen molar-refractivity contribution in [2.45, 2.75) is 26.3 Å². The molecule has 0 aliphatic heterocycles. The van der Waals surface area contributed by atoms with Gasteiger partial charge in [-0.25, -0.2) is 0 Å². The Morgan fingerprint density at radius 2 is 2.24 bits per heavy atom. The highest BCUT2D eigenvalue weighted by molar-refractivity contribution is 7.09. The van der Waals surface area contributed by atoms with Crippen LogP contribution in [-0.4, -0.2) is 16.5 Å². The zero-order chi connectivity index (χ0) is 12.1. The van der Waals surface area contributed by atoms with Crippen molar-refractivity contribution in [2.24, 2.45) is 0 Å². The van der Waals surface area contributed by atoms with Crippen LogP contribution in [0.5, 0.6) is 0 Å². The maximum absolute atomic E-state index is 4.45. The fourth-order valence-corrected chi connectivity index (χ4v) is 2.44. The Kier molecular flexibility index (Phi) is 4.23. The molecule has 2 aromatic rings. The van der Waals surface area contributed by atoms with Crippen LogP contribution in [0.3, 0.4) is 0 Å². The van der Waals surface area contributed by atoms with Crippen LogP contribution < -0.4 is 5.32 Å². The number of hydrogen-bond acceptors (Lipinski definition) is 4. The van der Waals surface area contributed by atoms with E-state index in [0.717, 1.165) is 18.7 Å². The monoisotopic (exact) mass is 247 g/mol. The number of rotatable bonds is 5. The first kappa shape index (κ1) is 12.2. The van der Waals surface area contributed by atoms with Gasteiger partial charge in [-0.15, -0.1) is 11.3 Å². The highest BCUT2D eigenvalue weighted by Gasteiger charge is 2.13. The molecule has 4 heteroatoms. The molecule has 0 aliphatic carbocycles. The number of likely N-dealkylation sites (N-methyl/N-ethyl adjacent to an activating group) is 1. The van der Waals surface area contributed by atoms with Gasteiger partial charge in [0.15, 0.2) is 0 Å². The van der Waals surface area contributed by atoms with E-state index in [1.807, 2.05) is 17.9 Å². The lowest BCUT2D eigenvalue weighted by atomic mass is 10.1. The van der Waals surface area contributed by atoms with Gasteiger partial charge < -0.3 is 5.32 Å². The van der Waals surface area contributed by atoms with E-state index < -0.39 is 0 Å². The predicted molar refractivity (Wildman–Crippen MR) is 71.2 cm³/mol. The summed E-state index contributed by atoms with van der Waals surface area (Å²) in [5.74, 6) is 0. The van der Waals surface area contributed by atoms with Crippen LogP contribution in [0.15, 0.2) is 30.0 Å². The Hall–Kier alpha value is -1.26. The number of hydrogen-bond donors (Lipinski definition) is 1. The van der Waals surface area contributed by atoms with E-state index in [0.29, 0.717) is 6.04 Å². The molecule has 2 heterocycles. The van der Waals surface area contributed by atoms with Crippen molar-refractivity contribution in [3.8, 4) is 0 Å². The number of nitrogens with zero attached hydrogens (tertiary/aromatic N) is 2. The lowest BCUT2D eigenvalue weighted by Gasteiger charge is -2.15. The molecule has 0 amide bonds. The molecule has 17 heavy (non-hydrogen) atoms. The van der Waals surface area contributed by atoms with Crippen LogP contribution in [0, 0.1) is 6.92 Å². The van der Waals surface area contributed by atoms with Crippen LogP contribution in [0.25, 0.3) is 0 Å². The Bertz CT molecular complexity index is 436. The van der Waals surface area contributed by atoms with E-state index in [4.69, 9.17) is 0 Å². The predicted octanol–water partition coefficient (Wildman–Crippen LogP) is 2.74. The molecule has 0 bridgehead atoms. The van der Waals surface area contributed by atoms with Gasteiger partial charge in [-0.2, -0.15) is 0 Å². The zero-order valence-electron chi connectivity index (χ0n) is 10.2. The van der Waals surface area contributed by atoms with Crippen molar-refractivity contribution in [1.82, 2.24) is 15.3 Å². The second-order valence-electron chi connectivity index (χ2n) is 4.05. The molecule has 0 saturated heterocycles. The van der Waals surface area contributed by atoms with Crippen molar-refractivity contribution in [1.29, 1.82) is 0 Å². The van der Waals surface area contributed by atoms with Gasteiger partial charge in [-0.1, -0.05) is 13.0 Å². The third kappa shape index (κ3) is 3.35. The van der Waals surface area contributed by atoms with Gasteiger partial charge >= 0.3 is 0 Å². The van der Waals surface area contributed by atoms with Gasteiger partial charge in [0.25, 0.3) is 0 Å². The third-order valence-electron chi connectivity index (χ3n) is 2.63. The minimum atomic E-state index is 0.322. The first-order valence-electron chi connectivity index (χ1n) is 5.83. The average Bonchev–Trinajstić information content (AvgIpc) is 2.85. The molecule has 0 saturated carbocycles. The topological polar surface area (TPSA) is 37.8 Å². The molecule has 1 atom stereocenters. The second kappa shape index (κ2) is 5.89. The van der Waals surface area contributed by atoms with E-state index in [9.17, 15) is 0 Å². The van der Waals surface area contributed by atoms with Crippen molar-refractivity contribution >= 4 is 11.3 Å². The average molecular weight is 247 g/mol. The lowest BCUT2D eigenvalue weighted by Crippen LogP contribution is -2.22. The summed E-state index contributed by atoms with van der Waals surface area (Å²) in [7, 11) is 0. The van der Waals surface area contributed by atoms with Gasteiger partial charge in [0.05, 0.1) is 5.51 Å². The maximum atomic E-state index is 4.45. The van der Waals surface area contributed by atoms with Gasteiger partial charge in [0.1, 0.15) is 0 Å². The van der Waals surface area contributed by atoms with E-state index in [1.165, 1.54) is 10.4 Å². The normalized spacial score (nSPS) is 12.6. The maximum Gasteiger partial charge on any atom is 0.0794 e. The van der Waals surface area contributed by atoms with Gasteiger partial charge in [-0.05, 0) is 25.1 Å². The first-order valence-corrected chi connectivity index (χ1v) is 6.71. The second-order valence-corrected chi connectivity index (χ2v) is 4.96. The molecular weight excluding hydrogens is 230 g/mol. The molecule has 0 radical (unpaired) electrons. The molecule has 0 fully saturated rings. The Morgan fingerprint density at radius 3 is 2.82 bits per heavy atom. The van der Waals surface area contributed by atoms with Crippen molar-refractivity contribution in [2.75, 3.05) is 6.54 Å². The minimum Gasteiger partial charge on any atom is -0.309 e. The molecule has 1 unspecified atom stereocenters. The number of nitrogens with one attached hydrogen (secondary N) is 1. The summed E-state index contributed by atoms with van der Waals surface area (Å²) >= 11 is 1.69. The highest BCUT2D eigenvalue weighted by Crippen LogP contribution is 2.20. The molecular formula is C13H17N3S. The molecule has 0 aliphatic rings. The summed E-state index contributed by atoms with van der Waals surface area (Å²) in [5, 5.41) is 3.48. The van der Waals surface area contributed by atoms with E-state index in [2.05, 4.69) is 41.3 Å². The SMILES string of the molecule is CCNC(Cc1ccc(C)cn1)c1cncs1. The molecule has 90 valence electrons. The van der Waals surface area contributed by atoms with Crippen molar-refractivity contribution < 1.29 is 0 Å². The zero-order valence-corrected chi connectivity index (χ0v) is 11.0. The summed E-state index contributed by atoms with van der Waals surface area (Å²) in [6.07, 6.45) is 4.77. The molecule has 2 rings (SSSR count). The van der Waals surface area contributed by atoms with Crippen molar-refractivity contribution in [3.63, 3.8) is 0 Å². The number of aromatic nitrogens is 2. The molecule has 3 nitrogen and oxygen atoms in total. The van der Waals surface area contributed by atoms with Crippen LogP contribution >= 0.6 is 11.3 Å². The van der Waals surface area contributed by atoms with E-state index in [1.54, 1.807) is 11.3 Å². The quantitative estimate of drug-likeness (QED) is 0.883. The Labute approximate surface area is 106 Å². The smallest absolute Gasteiger partial charge is 0.0794 e.